The number of likely N-dealkylation sites (tertiary alicyclic amines) is 1. The number of amides is 2. The van der Waals surface area contributed by atoms with Crippen molar-refractivity contribution in [2.24, 2.45) is 5.73 Å². The second-order valence-corrected chi connectivity index (χ2v) is 5.16. The monoisotopic (exact) mass is 275 g/mol. The molecule has 0 radical (unpaired) electrons. The Labute approximate surface area is 119 Å². The number of rotatable bonds is 5. The van der Waals surface area contributed by atoms with Gasteiger partial charge < -0.3 is 16.0 Å². The maximum atomic E-state index is 12.1. The number of piperidine rings is 1. The van der Waals surface area contributed by atoms with Crippen LogP contribution in [-0.2, 0) is 4.79 Å². The van der Waals surface area contributed by atoms with Crippen LogP contribution in [0.4, 0.5) is 0 Å². The Morgan fingerprint density at radius 3 is 2.40 bits per heavy atom. The highest BCUT2D eigenvalue weighted by Gasteiger charge is 2.22. The number of carbonyl (C=O) groups is 2. The third-order valence-electron chi connectivity index (χ3n) is 3.57. The number of nitrogens with two attached hydrogens (primary N) is 1. The van der Waals surface area contributed by atoms with Crippen molar-refractivity contribution in [3.63, 3.8) is 0 Å². The lowest BCUT2D eigenvalue weighted by atomic mass is 10.1. The van der Waals surface area contributed by atoms with Gasteiger partial charge in [-0.15, -0.1) is 0 Å². The standard InChI is InChI=1S/C15H21N3O2/c16-14(19)13(11-18-9-5-2-6-10-18)17-15(20)12-7-3-1-4-8-12/h1,3-4,7-8,13H,2,5-6,9-11H2,(H2,16,19)(H,17,20). The molecule has 0 bridgehead atoms. The van der Waals surface area contributed by atoms with Crippen LogP contribution >= 0.6 is 0 Å². The molecule has 0 spiro atoms. The Hall–Kier alpha value is -1.88. The highest BCUT2D eigenvalue weighted by Crippen LogP contribution is 2.09. The van der Waals surface area contributed by atoms with E-state index in [0.717, 1.165) is 25.9 Å². The largest absolute Gasteiger partial charge is 0.368 e. The molecular weight excluding hydrogens is 254 g/mol. The van der Waals surface area contributed by atoms with Gasteiger partial charge in [-0.25, -0.2) is 0 Å². The van der Waals surface area contributed by atoms with E-state index in [1.165, 1.54) is 6.42 Å². The predicted octanol–water partition coefficient (Wildman–Crippen LogP) is 0.756. The van der Waals surface area contributed by atoms with Crippen LogP contribution in [0.5, 0.6) is 0 Å². The van der Waals surface area contributed by atoms with Gasteiger partial charge in [0.1, 0.15) is 6.04 Å². The van der Waals surface area contributed by atoms with Crippen molar-refractivity contribution in [1.82, 2.24) is 10.2 Å². The first-order valence-corrected chi connectivity index (χ1v) is 7.04. The van der Waals surface area contributed by atoms with Crippen LogP contribution < -0.4 is 11.1 Å². The Morgan fingerprint density at radius 1 is 1.15 bits per heavy atom. The molecule has 1 unspecified atom stereocenters. The van der Waals surface area contributed by atoms with Crippen molar-refractivity contribution >= 4 is 11.8 Å². The summed E-state index contributed by atoms with van der Waals surface area (Å²) in [5, 5.41) is 2.72. The van der Waals surface area contributed by atoms with Gasteiger partial charge in [-0.3, -0.25) is 9.59 Å². The minimum absolute atomic E-state index is 0.258. The van der Waals surface area contributed by atoms with Crippen LogP contribution in [0.1, 0.15) is 29.6 Å². The summed E-state index contributed by atoms with van der Waals surface area (Å²) in [5.74, 6) is -0.744. The van der Waals surface area contributed by atoms with Crippen molar-refractivity contribution in [3.8, 4) is 0 Å². The molecule has 1 heterocycles. The molecule has 2 amide bonds. The maximum absolute atomic E-state index is 12.1. The van der Waals surface area contributed by atoms with Gasteiger partial charge in [0.2, 0.25) is 5.91 Å². The minimum Gasteiger partial charge on any atom is -0.368 e. The lowest BCUT2D eigenvalue weighted by Gasteiger charge is -2.29. The number of hydrogen-bond donors (Lipinski definition) is 2. The molecule has 0 aliphatic carbocycles. The molecule has 1 aromatic carbocycles. The second-order valence-electron chi connectivity index (χ2n) is 5.16. The molecule has 5 heteroatoms. The quantitative estimate of drug-likeness (QED) is 0.833. The van der Waals surface area contributed by atoms with Crippen LogP contribution in [0.25, 0.3) is 0 Å². The number of carbonyl (C=O) groups excluding carboxylic acids is 2. The predicted molar refractivity (Wildman–Crippen MR) is 77.2 cm³/mol. The fourth-order valence-electron chi connectivity index (χ4n) is 2.44. The molecule has 1 aliphatic heterocycles. The highest BCUT2D eigenvalue weighted by molar-refractivity contribution is 5.97. The van der Waals surface area contributed by atoms with Gasteiger partial charge in [-0.2, -0.15) is 0 Å². The number of nitrogens with one attached hydrogen (secondary N) is 1. The van der Waals surface area contributed by atoms with Gasteiger partial charge in [0.05, 0.1) is 0 Å². The van der Waals surface area contributed by atoms with Crippen molar-refractivity contribution in [3.05, 3.63) is 35.9 Å². The summed E-state index contributed by atoms with van der Waals surface area (Å²) in [7, 11) is 0. The highest BCUT2D eigenvalue weighted by atomic mass is 16.2. The Bertz CT molecular complexity index is 455. The summed E-state index contributed by atoms with van der Waals surface area (Å²) in [4.78, 5) is 25.8. The average molecular weight is 275 g/mol. The third-order valence-corrected chi connectivity index (χ3v) is 3.57. The van der Waals surface area contributed by atoms with Gasteiger partial charge in [0.15, 0.2) is 0 Å². The smallest absolute Gasteiger partial charge is 0.251 e. The number of primary amides is 1. The van der Waals surface area contributed by atoms with Crippen molar-refractivity contribution < 1.29 is 9.59 Å². The Morgan fingerprint density at radius 2 is 1.80 bits per heavy atom. The van der Waals surface area contributed by atoms with Crippen LogP contribution in [-0.4, -0.2) is 42.4 Å². The van der Waals surface area contributed by atoms with E-state index in [1.54, 1.807) is 24.3 Å². The second kappa shape index (κ2) is 7.05. The SMILES string of the molecule is NC(=O)C(CN1CCCCC1)NC(=O)c1ccccc1. The number of hydrogen-bond acceptors (Lipinski definition) is 3. The van der Waals surface area contributed by atoms with Crippen molar-refractivity contribution in [2.75, 3.05) is 19.6 Å². The van der Waals surface area contributed by atoms with Crippen LogP contribution in [0.15, 0.2) is 30.3 Å². The maximum Gasteiger partial charge on any atom is 0.251 e. The summed E-state index contributed by atoms with van der Waals surface area (Å²) < 4.78 is 0. The van der Waals surface area contributed by atoms with E-state index in [0.29, 0.717) is 12.1 Å². The zero-order valence-corrected chi connectivity index (χ0v) is 11.5. The molecule has 1 saturated heterocycles. The molecule has 1 aliphatic rings. The fourth-order valence-corrected chi connectivity index (χ4v) is 2.44. The van der Waals surface area contributed by atoms with Crippen LogP contribution in [0.2, 0.25) is 0 Å². The molecule has 5 nitrogen and oxygen atoms in total. The van der Waals surface area contributed by atoms with E-state index in [-0.39, 0.29) is 5.91 Å². The average Bonchev–Trinajstić information content (AvgIpc) is 2.48. The number of nitrogens with zero attached hydrogens (tertiary/aromatic N) is 1. The first kappa shape index (κ1) is 14.5. The van der Waals surface area contributed by atoms with E-state index < -0.39 is 11.9 Å². The van der Waals surface area contributed by atoms with Crippen molar-refractivity contribution in [2.45, 2.75) is 25.3 Å². The lowest BCUT2D eigenvalue weighted by molar-refractivity contribution is -0.120. The van der Waals surface area contributed by atoms with E-state index in [4.69, 9.17) is 5.73 Å². The van der Waals surface area contributed by atoms with E-state index in [1.807, 2.05) is 6.07 Å². The minimum atomic E-state index is -0.638. The molecule has 20 heavy (non-hydrogen) atoms. The summed E-state index contributed by atoms with van der Waals surface area (Å²) in [6.45, 7) is 2.42. The normalized spacial score (nSPS) is 17.4. The molecule has 1 aromatic rings. The van der Waals surface area contributed by atoms with Gasteiger partial charge in [-0.05, 0) is 38.1 Å². The van der Waals surface area contributed by atoms with Crippen LogP contribution in [0.3, 0.4) is 0 Å². The summed E-state index contributed by atoms with van der Waals surface area (Å²) >= 11 is 0. The molecular formula is C15H21N3O2. The lowest BCUT2D eigenvalue weighted by Crippen LogP contribution is -2.52. The third kappa shape index (κ3) is 4.06. The van der Waals surface area contributed by atoms with Crippen molar-refractivity contribution in [1.29, 1.82) is 0 Å². The zero-order valence-electron chi connectivity index (χ0n) is 11.5. The summed E-state index contributed by atoms with van der Waals surface area (Å²) in [5.41, 5.74) is 5.94. The zero-order chi connectivity index (χ0) is 14.4. The first-order valence-electron chi connectivity index (χ1n) is 7.04. The van der Waals surface area contributed by atoms with E-state index in [9.17, 15) is 9.59 Å². The first-order chi connectivity index (χ1) is 9.66. The van der Waals surface area contributed by atoms with E-state index in [2.05, 4.69) is 10.2 Å². The van der Waals surface area contributed by atoms with Gasteiger partial charge in [-0.1, -0.05) is 24.6 Å². The Balaban J connectivity index is 1.95. The van der Waals surface area contributed by atoms with Gasteiger partial charge in [0.25, 0.3) is 5.91 Å². The molecule has 2 rings (SSSR count). The Kier molecular flexibility index (Phi) is 5.12. The summed E-state index contributed by atoms with van der Waals surface area (Å²) in [6, 6.07) is 8.22. The molecule has 0 aromatic heterocycles. The summed E-state index contributed by atoms with van der Waals surface area (Å²) in [6.07, 6.45) is 3.50. The van der Waals surface area contributed by atoms with Crippen LogP contribution in [0, 0.1) is 0 Å². The molecule has 1 atom stereocenters. The molecule has 1 fully saturated rings. The van der Waals surface area contributed by atoms with Gasteiger partial charge >= 0.3 is 0 Å². The van der Waals surface area contributed by atoms with Gasteiger partial charge in [0, 0.05) is 12.1 Å². The fraction of sp³-hybridized carbons (Fsp3) is 0.467. The molecule has 108 valence electrons. The number of benzene rings is 1. The molecule has 0 saturated carbocycles. The topological polar surface area (TPSA) is 75.4 Å². The van der Waals surface area contributed by atoms with E-state index >= 15 is 0 Å². The molecule has 3 N–H and O–H groups in total.